The van der Waals surface area contributed by atoms with Gasteiger partial charge in [0, 0.05) is 23.9 Å². The van der Waals surface area contributed by atoms with Gasteiger partial charge in [-0.05, 0) is 37.1 Å². The number of anilines is 1. The molecule has 1 atom stereocenters. The van der Waals surface area contributed by atoms with Gasteiger partial charge < -0.3 is 10.1 Å². The monoisotopic (exact) mass is 401 g/mol. The summed E-state index contributed by atoms with van der Waals surface area (Å²) in [7, 11) is 0. The lowest BCUT2D eigenvalue weighted by Gasteiger charge is -2.14. The van der Waals surface area contributed by atoms with Crippen LogP contribution in [0, 0.1) is 0 Å². The Kier molecular flexibility index (Phi) is 6.18. The highest BCUT2D eigenvalue weighted by Gasteiger charge is 2.28. The summed E-state index contributed by atoms with van der Waals surface area (Å²) in [5.41, 5.74) is 1.68. The lowest BCUT2D eigenvalue weighted by Crippen LogP contribution is -2.28. The molecule has 0 radical (unpaired) electrons. The first-order valence-corrected chi connectivity index (χ1v) is 10.2. The third-order valence-electron chi connectivity index (χ3n) is 4.40. The van der Waals surface area contributed by atoms with Crippen molar-refractivity contribution in [2.24, 2.45) is 0 Å². The fourth-order valence-electron chi connectivity index (χ4n) is 2.95. The standard InChI is InChI=1S/C20H23N3O4S/c1-4-27-19(26)13-5-7-14(8-6-13)21-17(24)9-15-11-28-20-22-16(12(2)3)10-18(25)23(15)20/h5-8,10,12,15H,4,9,11H2,1-3H3,(H,21,24). The summed E-state index contributed by atoms with van der Waals surface area (Å²) < 4.78 is 6.55. The van der Waals surface area contributed by atoms with Crippen LogP contribution in [0.4, 0.5) is 5.69 Å². The number of carbonyl (C=O) groups excluding carboxylic acids is 2. The first-order valence-electron chi connectivity index (χ1n) is 9.22. The molecule has 2 heterocycles. The molecule has 28 heavy (non-hydrogen) atoms. The van der Waals surface area contributed by atoms with E-state index in [1.165, 1.54) is 11.8 Å². The molecule has 1 amide bonds. The van der Waals surface area contributed by atoms with E-state index in [2.05, 4.69) is 10.3 Å². The van der Waals surface area contributed by atoms with E-state index in [1.807, 2.05) is 13.8 Å². The third kappa shape index (κ3) is 4.44. The van der Waals surface area contributed by atoms with Crippen LogP contribution >= 0.6 is 11.8 Å². The van der Waals surface area contributed by atoms with Crippen LogP contribution in [-0.2, 0) is 9.53 Å². The molecule has 0 bridgehead atoms. The minimum atomic E-state index is -0.396. The Morgan fingerprint density at radius 1 is 1.32 bits per heavy atom. The Hall–Kier alpha value is -2.61. The zero-order chi connectivity index (χ0) is 20.3. The summed E-state index contributed by atoms with van der Waals surface area (Å²) in [6.07, 6.45) is 0.183. The molecular weight excluding hydrogens is 378 g/mol. The molecular formula is C20H23N3O4S. The summed E-state index contributed by atoms with van der Waals surface area (Å²) >= 11 is 1.50. The molecule has 0 saturated heterocycles. The van der Waals surface area contributed by atoms with Gasteiger partial charge in [0.25, 0.3) is 5.56 Å². The second-order valence-corrected chi connectivity index (χ2v) is 7.83. The van der Waals surface area contributed by atoms with Crippen LogP contribution in [-0.4, -0.2) is 33.8 Å². The second-order valence-electron chi connectivity index (χ2n) is 6.84. The van der Waals surface area contributed by atoms with Crippen LogP contribution in [0.5, 0.6) is 0 Å². The minimum Gasteiger partial charge on any atom is -0.462 e. The smallest absolute Gasteiger partial charge is 0.338 e. The first-order chi connectivity index (χ1) is 13.4. The average molecular weight is 401 g/mol. The number of hydrogen-bond acceptors (Lipinski definition) is 6. The van der Waals surface area contributed by atoms with Gasteiger partial charge in [-0.15, -0.1) is 0 Å². The van der Waals surface area contributed by atoms with Gasteiger partial charge in [-0.2, -0.15) is 0 Å². The van der Waals surface area contributed by atoms with Crippen LogP contribution in [0.25, 0.3) is 0 Å². The molecule has 0 fully saturated rings. The molecule has 2 aromatic rings. The van der Waals surface area contributed by atoms with Crippen LogP contribution in [0.1, 0.15) is 55.2 Å². The maximum Gasteiger partial charge on any atom is 0.338 e. The van der Waals surface area contributed by atoms with Crippen LogP contribution in [0.15, 0.2) is 40.3 Å². The lowest BCUT2D eigenvalue weighted by atomic mass is 10.1. The number of benzene rings is 1. The number of fused-ring (bicyclic) bond motifs is 1. The molecule has 7 nitrogen and oxygen atoms in total. The van der Waals surface area contributed by atoms with E-state index < -0.39 is 5.97 Å². The van der Waals surface area contributed by atoms with Crippen molar-refractivity contribution in [2.75, 3.05) is 17.7 Å². The van der Waals surface area contributed by atoms with Gasteiger partial charge in [0.15, 0.2) is 5.16 Å². The van der Waals surface area contributed by atoms with Crippen LogP contribution < -0.4 is 10.9 Å². The quantitative estimate of drug-likeness (QED) is 0.590. The fourth-order valence-corrected chi connectivity index (χ4v) is 4.10. The molecule has 8 heteroatoms. The largest absolute Gasteiger partial charge is 0.462 e. The molecule has 148 valence electrons. The number of rotatable bonds is 6. The highest BCUT2D eigenvalue weighted by atomic mass is 32.2. The highest BCUT2D eigenvalue weighted by Crippen LogP contribution is 2.33. The topological polar surface area (TPSA) is 90.3 Å². The molecule has 1 aromatic heterocycles. The predicted molar refractivity (Wildman–Crippen MR) is 108 cm³/mol. The van der Waals surface area contributed by atoms with Gasteiger partial charge >= 0.3 is 5.97 Å². The summed E-state index contributed by atoms with van der Waals surface area (Å²) in [5.74, 6) is 0.229. The van der Waals surface area contributed by atoms with Gasteiger partial charge in [-0.1, -0.05) is 25.6 Å². The van der Waals surface area contributed by atoms with Crippen LogP contribution in [0.3, 0.4) is 0 Å². The van der Waals surface area contributed by atoms with Gasteiger partial charge in [0.05, 0.1) is 23.9 Å². The van der Waals surface area contributed by atoms with E-state index in [4.69, 9.17) is 4.74 Å². The number of nitrogens with one attached hydrogen (secondary N) is 1. The number of thioether (sulfide) groups is 1. The van der Waals surface area contributed by atoms with Gasteiger partial charge in [0.2, 0.25) is 5.91 Å². The zero-order valence-electron chi connectivity index (χ0n) is 16.1. The Bertz CT molecular complexity index is 937. The number of nitrogens with zero attached hydrogens (tertiary/aromatic N) is 2. The predicted octanol–water partition coefficient (Wildman–Crippen LogP) is 3.22. The molecule has 3 rings (SSSR count). The maximum absolute atomic E-state index is 12.5. The zero-order valence-corrected chi connectivity index (χ0v) is 16.9. The van der Waals surface area contributed by atoms with Crippen molar-refractivity contribution in [2.45, 2.75) is 44.3 Å². The van der Waals surface area contributed by atoms with Crippen molar-refractivity contribution in [1.29, 1.82) is 0 Å². The first kappa shape index (κ1) is 20.1. The normalized spacial score (nSPS) is 15.4. The van der Waals surface area contributed by atoms with Gasteiger partial charge in [-0.3, -0.25) is 14.2 Å². The molecule has 0 spiro atoms. The summed E-state index contributed by atoms with van der Waals surface area (Å²) in [5, 5.41) is 3.48. The number of aromatic nitrogens is 2. The Morgan fingerprint density at radius 2 is 2.04 bits per heavy atom. The van der Waals surface area contributed by atoms with E-state index in [0.29, 0.717) is 28.8 Å². The molecule has 1 aliphatic heterocycles. The molecule has 0 saturated carbocycles. The Labute approximate surface area is 167 Å². The maximum atomic E-state index is 12.5. The van der Waals surface area contributed by atoms with Crippen molar-refractivity contribution in [1.82, 2.24) is 9.55 Å². The SMILES string of the molecule is CCOC(=O)c1ccc(NC(=O)CC2CSc3nc(C(C)C)cc(=O)n32)cc1. The minimum absolute atomic E-state index is 0.115. The number of carbonyl (C=O) groups is 2. The second kappa shape index (κ2) is 8.60. The van der Waals surface area contributed by atoms with E-state index in [9.17, 15) is 14.4 Å². The molecule has 1 aliphatic rings. The lowest BCUT2D eigenvalue weighted by molar-refractivity contribution is -0.116. The number of ether oxygens (including phenoxy) is 1. The Balaban J connectivity index is 1.66. The van der Waals surface area contributed by atoms with Gasteiger partial charge in [0.1, 0.15) is 0 Å². The summed E-state index contributed by atoms with van der Waals surface area (Å²) in [4.78, 5) is 41.1. The van der Waals surface area contributed by atoms with Crippen molar-refractivity contribution in [3.63, 3.8) is 0 Å². The number of hydrogen-bond donors (Lipinski definition) is 1. The summed E-state index contributed by atoms with van der Waals surface area (Å²) in [6.45, 7) is 6.05. The molecule has 1 unspecified atom stereocenters. The molecule has 0 aliphatic carbocycles. The van der Waals surface area contributed by atoms with Crippen molar-refractivity contribution < 1.29 is 14.3 Å². The number of amides is 1. The average Bonchev–Trinajstić information content (AvgIpc) is 3.05. The van der Waals surface area contributed by atoms with E-state index in [0.717, 1.165) is 5.69 Å². The molecule has 1 N–H and O–H groups in total. The fraction of sp³-hybridized carbons (Fsp3) is 0.400. The highest BCUT2D eigenvalue weighted by molar-refractivity contribution is 7.99. The van der Waals surface area contributed by atoms with E-state index in [1.54, 1.807) is 41.8 Å². The van der Waals surface area contributed by atoms with E-state index in [-0.39, 0.29) is 29.8 Å². The third-order valence-corrected chi connectivity index (χ3v) is 5.50. The van der Waals surface area contributed by atoms with Crippen LogP contribution in [0.2, 0.25) is 0 Å². The van der Waals surface area contributed by atoms with Crippen molar-refractivity contribution >= 4 is 29.3 Å². The van der Waals surface area contributed by atoms with Gasteiger partial charge in [-0.25, -0.2) is 9.78 Å². The molecule has 1 aromatic carbocycles. The Morgan fingerprint density at radius 3 is 2.68 bits per heavy atom. The summed E-state index contributed by atoms with van der Waals surface area (Å²) in [6, 6.07) is 7.86. The van der Waals surface area contributed by atoms with Crippen molar-refractivity contribution in [3.8, 4) is 0 Å². The number of esters is 1. The van der Waals surface area contributed by atoms with Crippen molar-refractivity contribution in [3.05, 3.63) is 51.9 Å². The van der Waals surface area contributed by atoms with E-state index >= 15 is 0 Å².